The number of para-hydroxylation sites is 1. The van der Waals surface area contributed by atoms with Gasteiger partial charge in [0.25, 0.3) is 0 Å². The van der Waals surface area contributed by atoms with Crippen LogP contribution in [0.3, 0.4) is 0 Å². The van der Waals surface area contributed by atoms with Crippen molar-refractivity contribution < 1.29 is 0 Å². The third-order valence-electron chi connectivity index (χ3n) is 4.70. The summed E-state index contributed by atoms with van der Waals surface area (Å²) in [6.07, 6.45) is 0. The van der Waals surface area contributed by atoms with Crippen LogP contribution in [0, 0.1) is 0 Å². The second-order valence-electron chi connectivity index (χ2n) is 6.13. The topological polar surface area (TPSA) is 4.93 Å². The summed E-state index contributed by atoms with van der Waals surface area (Å²) < 4.78 is 4.55. The van der Waals surface area contributed by atoms with Crippen LogP contribution in [0.5, 0.6) is 0 Å². The molecule has 5 rings (SSSR count). The van der Waals surface area contributed by atoms with Crippen LogP contribution in [0.4, 0.5) is 0 Å². The Bertz CT molecular complexity index is 1250. The lowest BCUT2D eigenvalue weighted by Gasteiger charge is -2.09. The van der Waals surface area contributed by atoms with Gasteiger partial charge in [0, 0.05) is 25.4 Å². The normalized spacial score (nSPS) is 11.6. The first-order valence-electron chi connectivity index (χ1n) is 8.10. The van der Waals surface area contributed by atoms with Gasteiger partial charge >= 0.3 is 0 Å². The van der Waals surface area contributed by atoms with Gasteiger partial charge in [-0.1, -0.05) is 80.4 Å². The van der Waals surface area contributed by atoms with E-state index in [0.29, 0.717) is 0 Å². The molecule has 0 aliphatic rings. The summed E-state index contributed by atoms with van der Waals surface area (Å²) in [5.41, 5.74) is 3.59. The van der Waals surface area contributed by atoms with Gasteiger partial charge in [-0.3, -0.25) is 0 Å². The molecule has 4 aromatic carbocycles. The van der Waals surface area contributed by atoms with Crippen molar-refractivity contribution in [2.45, 2.75) is 0 Å². The molecule has 0 spiro atoms. The van der Waals surface area contributed by atoms with E-state index >= 15 is 0 Å². The minimum atomic E-state index is 1.09. The molecule has 0 saturated heterocycles. The van der Waals surface area contributed by atoms with Crippen molar-refractivity contribution in [3.8, 4) is 5.69 Å². The zero-order valence-electron chi connectivity index (χ0n) is 13.2. The van der Waals surface area contributed by atoms with E-state index < -0.39 is 0 Å². The number of halogens is 2. The predicted molar refractivity (Wildman–Crippen MR) is 114 cm³/mol. The summed E-state index contributed by atoms with van der Waals surface area (Å²) in [7, 11) is 0. The highest BCUT2D eigenvalue weighted by Crippen LogP contribution is 2.40. The fourth-order valence-electron chi connectivity index (χ4n) is 3.66. The minimum absolute atomic E-state index is 1.09. The Morgan fingerprint density at radius 3 is 2.12 bits per heavy atom. The molecule has 0 unspecified atom stereocenters. The predicted octanol–water partition coefficient (Wildman–Crippen LogP) is 7.46. The van der Waals surface area contributed by atoms with E-state index in [1.165, 1.54) is 38.3 Å². The molecule has 0 atom stereocenters. The van der Waals surface area contributed by atoms with Gasteiger partial charge in [-0.2, -0.15) is 0 Å². The van der Waals surface area contributed by atoms with Crippen LogP contribution in [-0.4, -0.2) is 4.57 Å². The lowest BCUT2D eigenvalue weighted by Crippen LogP contribution is -1.93. The monoisotopic (exact) mass is 449 g/mol. The first-order valence-corrected chi connectivity index (χ1v) is 9.69. The van der Waals surface area contributed by atoms with Gasteiger partial charge in [-0.05, 0) is 41.1 Å². The largest absolute Gasteiger partial charge is 0.309 e. The van der Waals surface area contributed by atoms with Crippen molar-refractivity contribution in [3.63, 3.8) is 0 Å². The van der Waals surface area contributed by atoms with Gasteiger partial charge in [0.15, 0.2) is 0 Å². The first-order chi connectivity index (χ1) is 12.2. The number of hydrogen-bond donors (Lipinski definition) is 0. The molecule has 0 aliphatic heterocycles. The summed E-state index contributed by atoms with van der Waals surface area (Å²) in [4.78, 5) is 0. The second kappa shape index (κ2) is 5.72. The number of fused-ring (bicyclic) bond motifs is 5. The van der Waals surface area contributed by atoms with E-state index in [4.69, 9.17) is 0 Å². The number of aromatic nitrogens is 1. The van der Waals surface area contributed by atoms with Gasteiger partial charge in [-0.25, -0.2) is 0 Å². The Labute approximate surface area is 162 Å². The quantitative estimate of drug-likeness (QED) is 0.249. The SMILES string of the molecule is Brc1ccc2c3c4ccccc4c(Br)cc3n(-c3ccccc3)c2c1. The van der Waals surface area contributed by atoms with Crippen LogP contribution in [0.2, 0.25) is 0 Å². The zero-order chi connectivity index (χ0) is 17.0. The highest BCUT2D eigenvalue weighted by Gasteiger charge is 2.16. The first kappa shape index (κ1) is 15.2. The molecule has 0 aliphatic carbocycles. The molecule has 1 aromatic heterocycles. The molecule has 1 nitrogen and oxygen atoms in total. The van der Waals surface area contributed by atoms with Crippen molar-refractivity contribution in [3.05, 3.63) is 87.8 Å². The maximum Gasteiger partial charge on any atom is 0.0558 e. The van der Waals surface area contributed by atoms with Crippen molar-refractivity contribution >= 4 is 64.4 Å². The minimum Gasteiger partial charge on any atom is -0.309 e. The molecule has 3 heteroatoms. The van der Waals surface area contributed by atoms with Gasteiger partial charge in [-0.15, -0.1) is 0 Å². The maximum absolute atomic E-state index is 3.77. The van der Waals surface area contributed by atoms with E-state index in [1.807, 2.05) is 0 Å². The number of rotatable bonds is 1. The van der Waals surface area contributed by atoms with Crippen molar-refractivity contribution in [2.24, 2.45) is 0 Å². The van der Waals surface area contributed by atoms with E-state index in [1.54, 1.807) is 0 Å². The number of nitrogens with zero attached hydrogens (tertiary/aromatic N) is 1. The van der Waals surface area contributed by atoms with Crippen LogP contribution in [-0.2, 0) is 0 Å². The van der Waals surface area contributed by atoms with Crippen LogP contribution in [0.15, 0.2) is 87.8 Å². The van der Waals surface area contributed by atoms with Crippen LogP contribution >= 0.6 is 31.9 Å². The van der Waals surface area contributed by atoms with Gasteiger partial charge in [0.05, 0.1) is 11.0 Å². The van der Waals surface area contributed by atoms with E-state index in [9.17, 15) is 0 Å². The molecule has 25 heavy (non-hydrogen) atoms. The molecule has 5 aromatic rings. The molecule has 0 bridgehead atoms. The Morgan fingerprint density at radius 2 is 1.32 bits per heavy atom. The van der Waals surface area contributed by atoms with Crippen LogP contribution in [0.1, 0.15) is 0 Å². The van der Waals surface area contributed by atoms with Crippen molar-refractivity contribution in [1.29, 1.82) is 0 Å². The van der Waals surface area contributed by atoms with Crippen LogP contribution < -0.4 is 0 Å². The lowest BCUT2D eigenvalue weighted by atomic mass is 10.0. The van der Waals surface area contributed by atoms with Crippen molar-refractivity contribution in [1.82, 2.24) is 4.57 Å². The smallest absolute Gasteiger partial charge is 0.0558 e. The Balaban J connectivity index is 2.10. The van der Waals surface area contributed by atoms with E-state index in [-0.39, 0.29) is 0 Å². The molecule has 120 valence electrons. The Kier molecular flexibility index (Phi) is 3.47. The summed E-state index contributed by atoms with van der Waals surface area (Å²) in [6, 6.07) is 27.9. The fraction of sp³-hybridized carbons (Fsp3) is 0. The van der Waals surface area contributed by atoms with Gasteiger partial charge in [0.1, 0.15) is 0 Å². The third kappa shape index (κ3) is 2.26. The molecule has 0 amide bonds. The summed E-state index contributed by atoms with van der Waals surface area (Å²) >= 11 is 7.41. The Hall–Kier alpha value is -2.10. The van der Waals surface area contributed by atoms with Gasteiger partial charge < -0.3 is 4.57 Å². The zero-order valence-corrected chi connectivity index (χ0v) is 16.4. The lowest BCUT2D eigenvalue weighted by molar-refractivity contribution is 1.18. The molecule has 0 radical (unpaired) electrons. The van der Waals surface area contributed by atoms with Crippen LogP contribution in [0.25, 0.3) is 38.3 Å². The third-order valence-corrected chi connectivity index (χ3v) is 5.85. The summed E-state index contributed by atoms with van der Waals surface area (Å²) in [5.74, 6) is 0. The molecule has 1 heterocycles. The Morgan fingerprint density at radius 1 is 0.600 bits per heavy atom. The summed E-state index contributed by atoms with van der Waals surface area (Å²) in [5, 5.41) is 5.08. The highest BCUT2D eigenvalue weighted by molar-refractivity contribution is 9.11. The molecule has 0 fully saturated rings. The van der Waals surface area contributed by atoms with Gasteiger partial charge in [0.2, 0.25) is 0 Å². The van der Waals surface area contributed by atoms with E-state index in [0.717, 1.165) is 8.95 Å². The average molecular weight is 451 g/mol. The van der Waals surface area contributed by atoms with Crippen molar-refractivity contribution in [2.75, 3.05) is 0 Å². The molecule has 0 saturated carbocycles. The molecule has 0 N–H and O–H groups in total. The van der Waals surface area contributed by atoms with E-state index in [2.05, 4.69) is 115 Å². The average Bonchev–Trinajstić information content (AvgIpc) is 2.96. The maximum atomic E-state index is 3.77. The molecular formula is C22H13Br2N. The number of hydrogen-bond acceptors (Lipinski definition) is 0. The molecular weight excluding hydrogens is 438 g/mol. The highest BCUT2D eigenvalue weighted by atomic mass is 79.9. The second-order valence-corrected chi connectivity index (χ2v) is 7.90. The fourth-order valence-corrected chi connectivity index (χ4v) is 4.57. The standard InChI is InChI=1S/C22H13Br2N/c23-14-10-11-18-20(12-14)25(15-6-2-1-3-7-15)21-13-19(24)16-8-4-5-9-17(16)22(18)21/h1-13H. The number of benzene rings is 4. The summed E-state index contributed by atoms with van der Waals surface area (Å²) in [6.45, 7) is 0.